The van der Waals surface area contributed by atoms with E-state index in [2.05, 4.69) is 41.3 Å². The minimum absolute atomic E-state index is 0.160. The van der Waals surface area contributed by atoms with Gasteiger partial charge in [-0.2, -0.15) is 0 Å². The maximum absolute atomic E-state index is 12.2. The van der Waals surface area contributed by atoms with Crippen molar-refractivity contribution in [1.82, 2.24) is 9.80 Å². The summed E-state index contributed by atoms with van der Waals surface area (Å²) >= 11 is 0. The highest BCUT2D eigenvalue weighted by molar-refractivity contribution is 5.77. The van der Waals surface area contributed by atoms with Crippen LogP contribution in [0.3, 0.4) is 0 Å². The fraction of sp³-hybridized carbons (Fsp3) is 0.571. The molecular weight excluding hydrogens is 312 g/mol. The van der Waals surface area contributed by atoms with Crippen molar-refractivity contribution in [2.75, 3.05) is 39.3 Å². The first-order valence-corrected chi connectivity index (χ1v) is 9.53. The van der Waals surface area contributed by atoms with Crippen LogP contribution in [0.5, 0.6) is 0 Å². The smallest absolute Gasteiger partial charge is 0.222 e. The van der Waals surface area contributed by atoms with Crippen LogP contribution < -0.4 is 0 Å². The van der Waals surface area contributed by atoms with Gasteiger partial charge in [0, 0.05) is 44.6 Å². The molecule has 1 aromatic carbocycles. The number of aliphatic hydroxyl groups excluding tert-OH is 1. The largest absolute Gasteiger partial charge is 0.396 e. The predicted octanol–water partition coefficient (Wildman–Crippen LogP) is 2.79. The second kappa shape index (κ2) is 8.63. The van der Waals surface area contributed by atoms with Gasteiger partial charge >= 0.3 is 0 Å². The highest BCUT2D eigenvalue weighted by Gasteiger charge is 2.41. The van der Waals surface area contributed by atoms with Gasteiger partial charge in [0.25, 0.3) is 0 Å². The topological polar surface area (TPSA) is 43.8 Å². The van der Waals surface area contributed by atoms with E-state index in [4.69, 9.17) is 5.11 Å². The summed E-state index contributed by atoms with van der Waals surface area (Å²) in [4.78, 5) is 16.7. The Bertz CT molecular complexity index is 587. The van der Waals surface area contributed by atoms with Crippen LogP contribution in [0, 0.1) is 5.41 Å². The van der Waals surface area contributed by atoms with Gasteiger partial charge < -0.3 is 10.0 Å². The SMILES string of the molecule is O=C1CCC2(CCCN(CC=Cc3ccccc3)C2)CN1CCCO. The van der Waals surface area contributed by atoms with Crippen molar-refractivity contribution in [3.8, 4) is 0 Å². The molecule has 1 N–H and O–H groups in total. The quantitative estimate of drug-likeness (QED) is 0.864. The van der Waals surface area contributed by atoms with Crippen LogP contribution in [-0.2, 0) is 4.79 Å². The summed E-state index contributed by atoms with van der Waals surface area (Å²) < 4.78 is 0. The molecule has 1 amide bonds. The Morgan fingerprint density at radius 2 is 2.00 bits per heavy atom. The maximum atomic E-state index is 12.2. The summed E-state index contributed by atoms with van der Waals surface area (Å²) in [7, 11) is 0. The number of hydrogen-bond acceptors (Lipinski definition) is 3. The van der Waals surface area contributed by atoms with Crippen LogP contribution in [0.25, 0.3) is 6.08 Å². The van der Waals surface area contributed by atoms with Crippen molar-refractivity contribution < 1.29 is 9.90 Å². The van der Waals surface area contributed by atoms with Crippen molar-refractivity contribution in [2.45, 2.75) is 32.1 Å². The minimum atomic E-state index is 0.160. The molecule has 2 saturated heterocycles. The Hall–Kier alpha value is -1.65. The van der Waals surface area contributed by atoms with Crippen LogP contribution >= 0.6 is 0 Å². The molecule has 4 heteroatoms. The van der Waals surface area contributed by atoms with Gasteiger partial charge in [0.05, 0.1) is 0 Å². The lowest BCUT2D eigenvalue weighted by molar-refractivity contribution is -0.139. The highest BCUT2D eigenvalue weighted by atomic mass is 16.3. The number of likely N-dealkylation sites (tertiary alicyclic amines) is 2. The molecule has 2 aliphatic heterocycles. The second-order valence-electron chi connectivity index (χ2n) is 7.54. The number of amides is 1. The molecule has 1 atom stereocenters. The van der Waals surface area contributed by atoms with Crippen LogP contribution in [0.1, 0.15) is 37.7 Å². The molecule has 0 aromatic heterocycles. The molecule has 1 spiro atoms. The van der Waals surface area contributed by atoms with Crippen molar-refractivity contribution in [1.29, 1.82) is 0 Å². The normalized spacial score (nSPS) is 25.2. The van der Waals surface area contributed by atoms with E-state index < -0.39 is 0 Å². The van der Waals surface area contributed by atoms with E-state index in [-0.39, 0.29) is 17.9 Å². The van der Waals surface area contributed by atoms with E-state index in [1.807, 2.05) is 11.0 Å². The van der Waals surface area contributed by atoms with E-state index >= 15 is 0 Å². The monoisotopic (exact) mass is 342 g/mol. The molecule has 136 valence electrons. The van der Waals surface area contributed by atoms with Crippen LogP contribution in [0.15, 0.2) is 36.4 Å². The summed E-state index contributed by atoms with van der Waals surface area (Å²) in [5.41, 5.74) is 1.50. The van der Waals surface area contributed by atoms with Crippen molar-refractivity contribution in [2.24, 2.45) is 5.41 Å². The molecule has 3 rings (SSSR count). The molecule has 2 aliphatic rings. The number of carbonyl (C=O) groups is 1. The van der Waals surface area contributed by atoms with E-state index in [1.165, 1.54) is 18.4 Å². The molecule has 25 heavy (non-hydrogen) atoms. The Morgan fingerprint density at radius 3 is 2.80 bits per heavy atom. The molecule has 2 heterocycles. The molecule has 2 fully saturated rings. The standard InChI is InChI=1S/C21H30N2O2/c24-16-6-15-23-18-21(12-10-20(23)25)11-5-14-22(17-21)13-4-9-19-7-2-1-3-8-19/h1-4,7-9,24H,5-6,10-18H2. The van der Waals surface area contributed by atoms with E-state index in [0.717, 1.165) is 32.6 Å². The van der Waals surface area contributed by atoms with Crippen LogP contribution in [-0.4, -0.2) is 60.1 Å². The van der Waals surface area contributed by atoms with Gasteiger partial charge in [-0.15, -0.1) is 0 Å². The van der Waals surface area contributed by atoms with Crippen LogP contribution in [0.2, 0.25) is 0 Å². The molecule has 4 nitrogen and oxygen atoms in total. The number of hydrogen-bond donors (Lipinski definition) is 1. The Morgan fingerprint density at radius 1 is 1.16 bits per heavy atom. The molecular formula is C21H30N2O2. The van der Waals surface area contributed by atoms with Gasteiger partial charge in [0.2, 0.25) is 5.91 Å². The fourth-order valence-electron chi connectivity index (χ4n) is 4.27. The Balaban J connectivity index is 1.56. The first-order chi connectivity index (χ1) is 12.2. The number of benzene rings is 1. The van der Waals surface area contributed by atoms with Gasteiger partial charge in [0.15, 0.2) is 0 Å². The number of aliphatic hydroxyl groups is 1. The Labute approximate surface area is 151 Å². The summed E-state index contributed by atoms with van der Waals surface area (Å²) in [5, 5.41) is 9.06. The van der Waals surface area contributed by atoms with Crippen LogP contribution in [0.4, 0.5) is 0 Å². The third kappa shape index (κ3) is 4.93. The summed E-state index contributed by atoms with van der Waals surface area (Å²) in [6, 6.07) is 10.4. The zero-order chi connectivity index (χ0) is 17.5. The fourth-order valence-corrected chi connectivity index (χ4v) is 4.27. The molecule has 1 aromatic rings. The van der Waals surface area contributed by atoms with E-state index in [0.29, 0.717) is 19.4 Å². The Kier molecular flexibility index (Phi) is 6.27. The maximum Gasteiger partial charge on any atom is 0.222 e. The summed E-state index contributed by atoms with van der Waals surface area (Å²) in [6.07, 6.45) is 9.24. The first kappa shape index (κ1) is 18.2. The molecule has 0 aliphatic carbocycles. The lowest BCUT2D eigenvalue weighted by Gasteiger charge is -2.48. The first-order valence-electron chi connectivity index (χ1n) is 9.53. The van der Waals surface area contributed by atoms with Gasteiger partial charge in [-0.05, 0) is 37.8 Å². The minimum Gasteiger partial charge on any atom is -0.396 e. The number of nitrogens with zero attached hydrogens (tertiary/aromatic N) is 2. The zero-order valence-corrected chi connectivity index (χ0v) is 15.1. The third-order valence-corrected chi connectivity index (χ3v) is 5.55. The van der Waals surface area contributed by atoms with Gasteiger partial charge in [-0.1, -0.05) is 42.5 Å². The van der Waals surface area contributed by atoms with E-state index in [9.17, 15) is 4.79 Å². The average Bonchev–Trinajstić information content (AvgIpc) is 2.64. The summed E-state index contributed by atoms with van der Waals surface area (Å²) in [6.45, 7) is 4.92. The zero-order valence-electron chi connectivity index (χ0n) is 15.1. The summed E-state index contributed by atoms with van der Waals surface area (Å²) in [5.74, 6) is 0.264. The number of piperidine rings is 2. The lowest BCUT2D eigenvalue weighted by Crippen LogP contribution is -2.54. The third-order valence-electron chi connectivity index (χ3n) is 5.55. The lowest BCUT2D eigenvalue weighted by atomic mass is 9.73. The number of carbonyl (C=O) groups excluding carboxylic acids is 1. The molecule has 0 saturated carbocycles. The van der Waals surface area contributed by atoms with Gasteiger partial charge in [-0.3, -0.25) is 9.69 Å². The average molecular weight is 342 g/mol. The van der Waals surface area contributed by atoms with Gasteiger partial charge in [0.1, 0.15) is 0 Å². The molecule has 0 bridgehead atoms. The molecule has 0 radical (unpaired) electrons. The number of rotatable bonds is 6. The van der Waals surface area contributed by atoms with E-state index in [1.54, 1.807) is 0 Å². The van der Waals surface area contributed by atoms with Gasteiger partial charge in [-0.25, -0.2) is 0 Å². The molecule has 1 unspecified atom stereocenters. The van der Waals surface area contributed by atoms with Crippen molar-refractivity contribution in [3.63, 3.8) is 0 Å². The second-order valence-corrected chi connectivity index (χ2v) is 7.54. The highest BCUT2D eigenvalue weighted by Crippen LogP contribution is 2.38. The van der Waals surface area contributed by atoms with Crippen molar-refractivity contribution >= 4 is 12.0 Å². The van der Waals surface area contributed by atoms with Crippen molar-refractivity contribution in [3.05, 3.63) is 42.0 Å². The predicted molar refractivity (Wildman–Crippen MR) is 101 cm³/mol.